The number of hydrogen-bond donors (Lipinski definition) is 2. The molecule has 1 heterocycles. The minimum atomic E-state index is -3.15. The van der Waals surface area contributed by atoms with Gasteiger partial charge in [-0.1, -0.05) is 6.92 Å². The first kappa shape index (κ1) is 13.6. The molecule has 1 rings (SSSR count). The molecule has 0 saturated heterocycles. The van der Waals surface area contributed by atoms with Crippen molar-refractivity contribution in [2.45, 2.75) is 19.9 Å². The van der Waals surface area contributed by atoms with Crippen molar-refractivity contribution in [2.75, 3.05) is 19.3 Å². The molecule has 0 saturated carbocycles. The van der Waals surface area contributed by atoms with Gasteiger partial charge in [0, 0.05) is 22.8 Å². The van der Waals surface area contributed by atoms with Crippen LogP contribution in [-0.2, 0) is 23.0 Å². The lowest BCUT2D eigenvalue weighted by Crippen LogP contribution is -2.30. The zero-order chi connectivity index (χ0) is 12.0. The summed E-state index contributed by atoms with van der Waals surface area (Å²) in [5, 5.41) is 2.82. The van der Waals surface area contributed by atoms with Crippen LogP contribution in [0.2, 0.25) is 0 Å². The van der Waals surface area contributed by atoms with Gasteiger partial charge in [-0.25, -0.2) is 13.1 Å². The summed E-state index contributed by atoms with van der Waals surface area (Å²) in [6.07, 6.45) is 0.997. The van der Waals surface area contributed by atoms with Gasteiger partial charge in [0.25, 0.3) is 0 Å². The molecule has 92 valence electrons. The van der Waals surface area contributed by atoms with Crippen molar-refractivity contribution >= 4 is 21.4 Å². The third-order valence-electron chi connectivity index (χ3n) is 2.15. The van der Waals surface area contributed by atoms with Crippen molar-refractivity contribution in [2.24, 2.45) is 0 Å². The summed E-state index contributed by atoms with van der Waals surface area (Å²) in [4.78, 5) is 2.34. The molecule has 1 aromatic rings. The summed E-state index contributed by atoms with van der Waals surface area (Å²) >= 11 is 1.65. The maximum Gasteiger partial charge on any atom is 0.213 e. The molecule has 0 aliphatic carbocycles. The molecule has 0 fully saturated rings. The normalized spacial score (nSPS) is 11.9. The zero-order valence-corrected chi connectivity index (χ0v) is 11.2. The Kier molecular flexibility index (Phi) is 5.40. The van der Waals surface area contributed by atoms with Crippen LogP contribution in [0.4, 0.5) is 0 Å². The lowest BCUT2D eigenvalue weighted by atomic mass is 10.4. The Balaban J connectivity index is 2.44. The van der Waals surface area contributed by atoms with Gasteiger partial charge in [0.05, 0.1) is 5.75 Å². The van der Waals surface area contributed by atoms with Crippen LogP contribution in [0.3, 0.4) is 0 Å². The molecule has 0 radical (unpaired) electrons. The summed E-state index contributed by atoms with van der Waals surface area (Å²) in [7, 11) is -1.41. The lowest BCUT2D eigenvalue weighted by Gasteiger charge is -2.04. The molecular formula is C10H18N2O2S2. The molecule has 0 unspecified atom stereocenters. The third kappa shape index (κ3) is 4.61. The van der Waals surface area contributed by atoms with E-state index >= 15 is 0 Å². The predicted octanol–water partition coefficient (Wildman–Crippen LogP) is 0.949. The molecular weight excluding hydrogens is 244 g/mol. The Morgan fingerprint density at radius 2 is 2.00 bits per heavy atom. The SMILES string of the molecule is CCc1ccc(CNS(=O)(=O)CCNC)s1. The second-order valence-corrected chi connectivity index (χ2v) is 6.64. The summed E-state index contributed by atoms with van der Waals surface area (Å²) in [5.41, 5.74) is 0. The van der Waals surface area contributed by atoms with Crippen molar-refractivity contribution in [3.63, 3.8) is 0 Å². The van der Waals surface area contributed by atoms with Crippen molar-refractivity contribution in [3.8, 4) is 0 Å². The van der Waals surface area contributed by atoms with E-state index in [1.54, 1.807) is 18.4 Å². The molecule has 16 heavy (non-hydrogen) atoms. The lowest BCUT2D eigenvalue weighted by molar-refractivity contribution is 0.579. The van der Waals surface area contributed by atoms with E-state index in [1.165, 1.54) is 4.88 Å². The van der Waals surface area contributed by atoms with E-state index in [0.717, 1.165) is 11.3 Å². The maximum atomic E-state index is 11.5. The van der Waals surface area contributed by atoms with Gasteiger partial charge < -0.3 is 5.32 Å². The zero-order valence-electron chi connectivity index (χ0n) is 9.62. The first-order chi connectivity index (χ1) is 7.57. The molecule has 1 aromatic heterocycles. The highest BCUT2D eigenvalue weighted by atomic mass is 32.2. The summed E-state index contributed by atoms with van der Waals surface area (Å²) in [6.45, 7) is 2.96. The van der Waals surface area contributed by atoms with Crippen LogP contribution in [0.1, 0.15) is 16.7 Å². The van der Waals surface area contributed by atoms with E-state index in [0.29, 0.717) is 13.1 Å². The summed E-state index contributed by atoms with van der Waals surface area (Å²) in [5.74, 6) is 0.121. The Bertz CT molecular complexity index is 412. The number of aryl methyl sites for hydroxylation is 1. The molecule has 6 heteroatoms. The molecule has 0 atom stereocenters. The molecule has 0 spiro atoms. The number of rotatable bonds is 7. The third-order valence-corrected chi connectivity index (χ3v) is 4.71. The van der Waals surface area contributed by atoms with Gasteiger partial charge in [0.15, 0.2) is 0 Å². The van der Waals surface area contributed by atoms with Gasteiger partial charge in [-0.05, 0) is 25.6 Å². The van der Waals surface area contributed by atoms with Crippen molar-refractivity contribution in [3.05, 3.63) is 21.9 Å². The van der Waals surface area contributed by atoms with Crippen molar-refractivity contribution < 1.29 is 8.42 Å². The molecule has 0 amide bonds. The van der Waals surface area contributed by atoms with Crippen LogP contribution < -0.4 is 10.0 Å². The summed E-state index contributed by atoms with van der Waals surface area (Å²) < 4.78 is 25.6. The van der Waals surface area contributed by atoms with Gasteiger partial charge in [0.1, 0.15) is 0 Å². The van der Waals surface area contributed by atoms with Gasteiger partial charge in [0.2, 0.25) is 10.0 Å². The molecule has 0 aromatic carbocycles. The van der Waals surface area contributed by atoms with E-state index in [4.69, 9.17) is 0 Å². The highest BCUT2D eigenvalue weighted by molar-refractivity contribution is 7.89. The fourth-order valence-electron chi connectivity index (χ4n) is 1.20. The standard InChI is InChI=1S/C10H18N2O2S2/c1-3-9-4-5-10(15-9)8-12-16(13,14)7-6-11-2/h4-5,11-12H,3,6-8H2,1-2H3. The van der Waals surface area contributed by atoms with Gasteiger partial charge >= 0.3 is 0 Å². The van der Waals surface area contributed by atoms with Crippen LogP contribution >= 0.6 is 11.3 Å². The topological polar surface area (TPSA) is 58.2 Å². The average Bonchev–Trinajstić information content (AvgIpc) is 2.72. The first-order valence-corrected chi connectivity index (χ1v) is 7.74. The van der Waals surface area contributed by atoms with Gasteiger partial charge in [-0.2, -0.15) is 0 Å². The van der Waals surface area contributed by atoms with Crippen molar-refractivity contribution in [1.29, 1.82) is 0 Å². The van der Waals surface area contributed by atoms with Gasteiger partial charge in [-0.3, -0.25) is 0 Å². The fourth-order valence-corrected chi connectivity index (χ4v) is 3.18. The minimum absolute atomic E-state index is 0.121. The highest BCUT2D eigenvalue weighted by Gasteiger charge is 2.09. The number of thiophene rings is 1. The predicted molar refractivity (Wildman–Crippen MR) is 68.3 cm³/mol. The molecule has 0 aliphatic rings. The van der Waals surface area contributed by atoms with E-state index in [9.17, 15) is 8.42 Å². The first-order valence-electron chi connectivity index (χ1n) is 5.27. The van der Waals surface area contributed by atoms with E-state index < -0.39 is 10.0 Å². The second-order valence-electron chi connectivity index (χ2n) is 3.47. The Hall–Kier alpha value is -0.430. The molecule has 0 aliphatic heterocycles. The number of sulfonamides is 1. The fraction of sp³-hybridized carbons (Fsp3) is 0.600. The highest BCUT2D eigenvalue weighted by Crippen LogP contribution is 2.16. The quantitative estimate of drug-likeness (QED) is 0.769. The minimum Gasteiger partial charge on any atom is -0.319 e. The summed E-state index contributed by atoms with van der Waals surface area (Å²) in [6, 6.07) is 4.02. The van der Waals surface area contributed by atoms with Crippen molar-refractivity contribution in [1.82, 2.24) is 10.0 Å². The second kappa shape index (κ2) is 6.34. The molecule has 0 bridgehead atoms. The van der Waals surface area contributed by atoms with Crippen LogP contribution in [0.25, 0.3) is 0 Å². The van der Waals surface area contributed by atoms with Crippen LogP contribution in [0, 0.1) is 0 Å². The Morgan fingerprint density at radius 1 is 1.31 bits per heavy atom. The Morgan fingerprint density at radius 3 is 2.56 bits per heavy atom. The number of nitrogens with one attached hydrogen (secondary N) is 2. The monoisotopic (exact) mass is 262 g/mol. The van der Waals surface area contributed by atoms with E-state index in [1.807, 2.05) is 12.1 Å². The van der Waals surface area contributed by atoms with E-state index in [-0.39, 0.29) is 5.75 Å². The van der Waals surface area contributed by atoms with Crippen LogP contribution in [0.15, 0.2) is 12.1 Å². The van der Waals surface area contributed by atoms with E-state index in [2.05, 4.69) is 17.0 Å². The van der Waals surface area contributed by atoms with Gasteiger partial charge in [-0.15, -0.1) is 11.3 Å². The largest absolute Gasteiger partial charge is 0.319 e. The molecule has 2 N–H and O–H groups in total. The average molecular weight is 262 g/mol. The number of hydrogen-bond acceptors (Lipinski definition) is 4. The van der Waals surface area contributed by atoms with Crippen LogP contribution in [0.5, 0.6) is 0 Å². The smallest absolute Gasteiger partial charge is 0.213 e. The molecule has 4 nitrogen and oxygen atoms in total. The Labute approximate surface area is 101 Å². The van der Waals surface area contributed by atoms with Crippen LogP contribution in [-0.4, -0.2) is 27.8 Å². The maximum absolute atomic E-state index is 11.5.